The second-order valence-electron chi connectivity index (χ2n) is 6.28. The number of para-hydroxylation sites is 2. The maximum atomic E-state index is 12.3. The van der Waals surface area contributed by atoms with Gasteiger partial charge >= 0.3 is 6.03 Å². The number of hydrogen-bond acceptors (Lipinski definition) is 3. The van der Waals surface area contributed by atoms with Crippen molar-refractivity contribution >= 4 is 29.0 Å². The summed E-state index contributed by atoms with van der Waals surface area (Å²) in [5, 5.41) is 5.60. The van der Waals surface area contributed by atoms with Crippen molar-refractivity contribution in [1.29, 1.82) is 0 Å². The number of rotatable bonds is 4. The number of nitrogens with zero attached hydrogens (tertiary/aromatic N) is 1. The number of carbonyl (C=O) groups excluding carboxylic acids is 2. The monoisotopic (exact) mass is 353 g/mol. The van der Waals surface area contributed by atoms with Crippen molar-refractivity contribution in [3.63, 3.8) is 0 Å². The van der Waals surface area contributed by atoms with E-state index in [-0.39, 0.29) is 11.9 Å². The zero-order valence-electron chi connectivity index (χ0n) is 15.0. The standard InChI is InChI=1S/C20H23N3O3/c1-14-10-11-15(13-17(14)23-12-6-5-9-19(23)24)21-20(25)22-16-7-3-4-8-18(16)26-2/h3-4,7-8,10-11,13H,5-6,9,12H2,1-2H3,(H2,21,22,25). The van der Waals surface area contributed by atoms with Crippen molar-refractivity contribution in [3.05, 3.63) is 48.0 Å². The fourth-order valence-corrected chi connectivity index (χ4v) is 3.07. The van der Waals surface area contributed by atoms with Crippen LogP contribution >= 0.6 is 0 Å². The zero-order chi connectivity index (χ0) is 18.5. The third kappa shape index (κ3) is 3.96. The molecule has 6 heteroatoms. The van der Waals surface area contributed by atoms with Crippen LogP contribution in [-0.4, -0.2) is 25.6 Å². The largest absolute Gasteiger partial charge is 0.495 e. The SMILES string of the molecule is COc1ccccc1NC(=O)Nc1ccc(C)c(N2CCCCC2=O)c1. The van der Waals surface area contributed by atoms with Gasteiger partial charge in [0.05, 0.1) is 12.8 Å². The van der Waals surface area contributed by atoms with E-state index >= 15 is 0 Å². The molecule has 3 amide bonds. The number of hydrogen-bond donors (Lipinski definition) is 2. The third-order valence-corrected chi connectivity index (χ3v) is 4.44. The number of piperidine rings is 1. The van der Waals surface area contributed by atoms with Gasteiger partial charge in [0.15, 0.2) is 0 Å². The fourth-order valence-electron chi connectivity index (χ4n) is 3.07. The first-order valence-electron chi connectivity index (χ1n) is 8.70. The molecule has 2 aromatic carbocycles. The molecule has 0 aromatic heterocycles. The summed E-state index contributed by atoms with van der Waals surface area (Å²) in [5.41, 5.74) is 3.09. The van der Waals surface area contributed by atoms with E-state index in [1.807, 2.05) is 42.2 Å². The highest BCUT2D eigenvalue weighted by molar-refractivity contribution is 6.01. The number of carbonyl (C=O) groups is 2. The van der Waals surface area contributed by atoms with Gasteiger partial charge in [0.25, 0.3) is 0 Å². The number of amides is 3. The normalized spacial score (nSPS) is 14.1. The van der Waals surface area contributed by atoms with Gasteiger partial charge in [-0.15, -0.1) is 0 Å². The van der Waals surface area contributed by atoms with Crippen LogP contribution in [0.2, 0.25) is 0 Å². The van der Waals surface area contributed by atoms with Crippen LogP contribution in [0.15, 0.2) is 42.5 Å². The van der Waals surface area contributed by atoms with Crippen LogP contribution < -0.4 is 20.3 Å². The van der Waals surface area contributed by atoms with Crippen molar-refractivity contribution in [2.24, 2.45) is 0 Å². The highest BCUT2D eigenvalue weighted by Crippen LogP contribution is 2.28. The molecule has 2 aromatic rings. The van der Waals surface area contributed by atoms with Crippen molar-refractivity contribution < 1.29 is 14.3 Å². The van der Waals surface area contributed by atoms with Gasteiger partial charge in [0.2, 0.25) is 5.91 Å². The first-order valence-corrected chi connectivity index (χ1v) is 8.70. The number of anilines is 3. The number of urea groups is 1. The number of ether oxygens (including phenoxy) is 1. The number of benzene rings is 2. The summed E-state index contributed by atoms with van der Waals surface area (Å²) in [6.07, 6.45) is 2.51. The van der Waals surface area contributed by atoms with E-state index in [9.17, 15) is 9.59 Å². The number of nitrogens with one attached hydrogen (secondary N) is 2. The van der Waals surface area contributed by atoms with Crippen molar-refractivity contribution in [2.45, 2.75) is 26.2 Å². The van der Waals surface area contributed by atoms with Crippen LogP contribution in [0.1, 0.15) is 24.8 Å². The van der Waals surface area contributed by atoms with Crippen LogP contribution in [-0.2, 0) is 4.79 Å². The highest BCUT2D eigenvalue weighted by Gasteiger charge is 2.21. The average Bonchev–Trinajstić information content (AvgIpc) is 2.64. The van der Waals surface area contributed by atoms with E-state index in [0.29, 0.717) is 23.5 Å². The molecule has 1 aliphatic heterocycles. The molecule has 1 heterocycles. The molecule has 1 fully saturated rings. The summed E-state index contributed by atoms with van der Waals surface area (Å²) < 4.78 is 5.24. The minimum absolute atomic E-state index is 0.134. The molecule has 136 valence electrons. The van der Waals surface area contributed by atoms with E-state index in [2.05, 4.69) is 10.6 Å². The lowest BCUT2D eigenvalue weighted by Gasteiger charge is -2.28. The molecule has 6 nitrogen and oxygen atoms in total. The fraction of sp³-hybridized carbons (Fsp3) is 0.300. The Hall–Kier alpha value is -3.02. The van der Waals surface area contributed by atoms with E-state index in [4.69, 9.17) is 4.74 Å². The Kier molecular flexibility index (Phi) is 5.41. The maximum absolute atomic E-state index is 12.3. The van der Waals surface area contributed by atoms with Crippen molar-refractivity contribution in [1.82, 2.24) is 0 Å². The molecule has 0 saturated carbocycles. The van der Waals surface area contributed by atoms with Crippen LogP contribution in [0, 0.1) is 6.92 Å². The molecule has 0 radical (unpaired) electrons. The summed E-state index contributed by atoms with van der Waals surface area (Å²) in [5.74, 6) is 0.723. The van der Waals surface area contributed by atoms with E-state index in [1.165, 1.54) is 0 Å². The first kappa shape index (κ1) is 17.8. The summed E-state index contributed by atoms with van der Waals surface area (Å²) in [4.78, 5) is 26.3. The highest BCUT2D eigenvalue weighted by atomic mass is 16.5. The molecule has 0 bridgehead atoms. The van der Waals surface area contributed by atoms with Crippen LogP contribution in [0.3, 0.4) is 0 Å². The van der Waals surface area contributed by atoms with E-state index in [1.54, 1.807) is 19.2 Å². The van der Waals surface area contributed by atoms with E-state index < -0.39 is 0 Å². The summed E-state index contributed by atoms with van der Waals surface area (Å²) in [7, 11) is 1.56. The molecule has 3 rings (SSSR count). The topological polar surface area (TPSA) is 70.7 Å². The van der Waals surface area contributed by atoms with Gasteiger partial charge in [0, 0.05) is 24.3 Å². The minimum Gasteiger partial charge on any atom is -0.495 e. The van der Waals surface area contributed by atoms with Crippen molar-refractivity contribution in [3.8, 4) is 5.75 Å². The maximum Gasteiger partial charge on any atom is 0.323 e. The smallest absolute Gasteiger partial charge is 0.323 e. The van der Waals surface area contributed by atoms with Crippen LogP contribution in [0.4, 0.5) is 21.9 Å². The second kappa shape index (κ2) is 7.91. The van der Waals surface area contributed by atoms with Crippen LogP contribution in [0.25, 0.3) is 0 Å². The van der Waals surface area contributed by atoms with Gasteiger partial charge in [-0.1, -0.05) is 18.2 Å². The first-order chi connectivity index (χ1) is 12.6. The lowest BCUT2D eigenvalue weighted by molar-refractivity contribution is -0.119. The quantitative estimate of drug-likeness (QED) is 0.867. The average molecular weight is 353 g/mol. The van der Waals surface area contributed by atoms with Gasteiger partial charge in [-0.25, -0.2) is 4.79 Å². The number of methoxy groups -OCH3 is 1. The Bertz CT molecular complexity index is 820. The molecule has 26 heavy (non-hydrogen) atoms. The Morgan fingerprint density at radius 1 is 1.12 bits per heavy atom. The molecule has 1 saturated heterocycles. The lowest BCUT2D eigenvalue weighted by Crippen LogP contribution is -2.35. The molecule has 0 unspecified atom stereocenters. The summed E-state index contributed by atoms with van der Waals surface area (Å²) in [6.45, 7) is 2.69. The predicted octanol–water partition coefficient (Wildman–Crippen LogP) is 4.16. The van der Waals surface area contributed by atoms with Gasteiger partial charge in [-0.05, 0) is 49.6 Å². The Morgan fingerprint density at radius 3 is 2.69 bits per heavy atom. The Morgan fingerprint density at radius 2 is 1.92 bits per heavy atom. The van der Waals surface area contributed by atoms with Crippen LogP contribution in [0.5, 0.6) is 5.75 Å². The van der Waals surface area contributed by atoms with Gasteiger partial charge < -0.3 is 20.3 Å². The molecule has 0 spiro atoms. The third-order valence-electron chi connectivity index (χ3n) is 4.44. The molecule has 0 aliphatic carbocycles. The van der Waals surface area contributed by atoms with E-state index in [0.717, 1.165) is 30.6 Å². The molecular weight excluding hydrogens is 330 g/mol. The predicted molar refractivity (Wildman–Crippen MR) is 103 cm³/mol. The number of aryl methyl sites for hydroxylation is 1. The summed E-state index contributed by atoms with van der Waals surface area (Å²) in [6, 6.07) is 12.4. The summed E-state index contributed by atoms with van der Waals surface area (Å²) >= 11 is 0. The van der Waals surface area contributed by atoms with Crippen molar-refractivity contribution in [2.75, 3.05) is 29.2 Å². The second-order valence-corrected chi connectivity index (χ2v) is 6.28. The Labute approximate surface area is 153 Å². The molecular formula is C20H23N3O3. The molecule has 2 N–H and O–H groups in total. The minimum atomic E-state index is -0.366. The molecule has 0 atom stereocenters. The molecule has 1 aliphatic rings. The lowest BCUT2D eigenvalue weighted by atomic mass is 10.1. The van der Waals surface area contributed by atoms with Gasteiger partial charge in [-0.3, -0.25) is 4.79 Å². The zero-order valence-corrected chi connectivity index (χ0v) is 15.0. The van der Waals surface area contributed by atoms with Gasteiger partial charge in [0.1, 0.15) is 5.75 Å². The van der Waals surface area contributed by atoms with Gasteiger partial charge in [-0.2, -0.15) is 0 Å². The Balaban J connectivity index is 1.74.